The standard InChI is InChI=1S/C22H31N3O3.HI/c1-2-26-15-6-5-13-23-22(24-14-11-18-8-7-16-27-18)25-20-12-17-28-21-10-4-3-9-19(20)21;/h3-4,7-10,16,20H,2,5-6,11-15,17H2,1H3,(H2,23,24,25);1H. The Morgan fingerprint density at radius 1 is 1.21 bits per heavy atom. The van der Waals surface area contributed by atoms with Gasteiger partial charge in [-0.05, 0) is 38.0 Å². The van der Waals surface area contributed by atoms with Crippen molar-refractivity contribution in [1.82, 2.24) is 10.6 Å². The van der Waals surface area contributed by atoms with Crippen LogP contribution >= 0.6 is 24.0 Å². The number of fused-ring (bicyclic) bond motifs is 1. The molecule has 0 bridgehead atoms. The first-order chi connectivity index (χ1) is 13.9. The minimum absolute atomic E-state index is 0. The molecule has 1 aliphatic rings. The van der Waals surface area contributed by atoms with Crippen LogP contribution in [0.25, 0.3) is 0 Å². The number of ether oxygens (including phenoxy) is 2. The average molecular weight is 513 g/mol. The van der Waals surface area contributed by atoms with Gasteiger partial charge in [0.1, 0.15) is 11.5 Å². The maximum atomic E-state index is 5.77. The third kappa shape index (κ3) is 7.89. The molecule has 7 heteroatoms. The maximum Gasteiger partial charge on any atom is 0.191 e. The van der Waals surface area contributed by atoms with Crippen LogP contribution in [0.3, 0.4) is 0 Å². The van der Waals surface area contributed by atoms with Crippen LogP contribution in [-0.2, 0) is 11.2 Å². The summed E-state index contributed by atoms with van der Waals surface area (Å²) in [5, 5.41) is 7.04. The predicted octanol–water partition coefficient (Wildman–Crippen LogP) is 4.32. The number of para-hydroxylation sites is 1. The summed E-state index contributed by atoms with van der Waals surface area (Å²) in [4.78, 5) is 4.77. The second-order valence-electron chi connectivity index (χ2n) is 6.76. The van der Waals surface area contributed by atoms with Crippen molar-refractivity contribution in [2.24, 2.45) is 4.99 Å². The fraction of sp³-hybridized carbons (Fsp3) is 0.500. The highest BCUT2D eigenvalue weighted by atomic mass is 127. The number of unbranched alkanes of at least 4 members (excludes halogenated alkanes) is 1. The van der Waals surface area contributed by atoms with E-state index in [1.807, 2.05) is 31.2 Å². The number of guanidine groups is 1. The topological polar surface area (TPSA) is 68.0 Å². The SMILES string of the molecule is CCOCCCCN=C(NCCc1ccco1)NC1CCOc2ccccc21.I. The molecule has 160 valence electrons. The number of hydrogen-bond donors (Lipinski definition) is 2. The van der Waals surface area contributed by atoms with Gasteiger partial charge in [0, 0.05) is 44.7 Å². The summed E-state index contributed by atoms with van der Waals surface area (Å²) in [5.41, 5.74) is 1.19. The predicted molar refractivity (Wildman–Crippen MR) is 126 cm³/mol. The molecular weight excluding hydrogens is 481 g/mol. The molecule has 2 aromatic rings. The molecule has 1 aromatic heterocycles. The summed E-state index contributed by atoms with van der Waals surface area (Å²) in [5.74, 6) is 2.77. The Morgan fingerprint density at radius 2 is 2.10 bits per heavy atom. The Labute approximate surface area is 190 Å². The van der Waals surface area contributed by atoms with E-state index < -0.39 is 0 Å². The van der Waals surface area contributed by atoms with Crippen LogP contribution in [0, 0.1) is 0 Å². The molecule has 1 aromatic carbocycles. The summed E-state index contributed by atoms with van der Waals surface area (Å²) in [6.07, 6.45) is 5.48. The minimum atomic E-state index is 0. The fourth-order valence-corrected chi connectivity index (χ4v) is 3.22. The van der Waals surface area contributed by atoms with Crippen LogP contribution in [0.2, 0.25) is 0 Å². The van der Waals surface area contributed by atoms with Crippen molar-refractivity contribution in [3.05, 3.63) is 54.0 Å². The van der Waals surface area contributed by atoms with Crippen LogP contribution in [-0.4, -0.2) is 38.9 Å². The van der Waals surface area contributed by atoms with Gasteiger partial charge in [-0.25, -0.2) is 0 Å². The molecule has 2 N–H and O–H groups in total. The zero-order valence-corrected chi connectivity index (χ0v) is 19.4. The molecule has 0 fully saturated rings. The molecule has 6 nitrogen and oxygen atoms in total. The maximum absolute atomic E-state index is 5.77. The zero-order chi connectivity index (χ0) is 19.4. The molecule has 1 atom stereocenters. The molecule has 0 saturated carbocycles. The summed E-state index contributed by atoms with van der Waals surface area (Å²) < 4.78 is 16.6. The van der Waals surface area contributed by atoms with Gasteiger partial charge < -0.3 is 24.5 Å². The van der Waals surface area contributed by atoms with E-state index in [9.17, 15) is 0 Å². The first-order valence-electron chi connectivity index (χ1n) is 10.2. The van der Waals surface area contributed by atoms with Gasteiger partial charge in [0.2, 0.25) is 0 Å². The molecule has 0 spiro atoms. The van der Waals surface area contributed by atoms with Crippen LogP contribution in [0.15, 0.2) is 52.1 Å². The largest absolute Gasteiger partial charge is 0.493 e. The Balaban J connectivity index is 0.00000300. The van der Waals surface area contributed by atoms with Crippen molar-refractivity contribution in [1.29, 1.82) is 0 Å². The van der Waals surface area contributed by atoms with E-state index in [-0.39, 0.29) is 30.0 Å². The lowest BCUT2D eigenvalue weighted by atomic mass is 10.0. The highest BCUT2D eigenvalue weighted by Crippen LogP contribution is 2.31. The number of nitrogens with zero attached hydrogens (tertiary/aromatic N) is 1. The number of nitrogens with one attached hydrogen (secondary N) is 2. The van der Waals surface area contributed by atoms with Gasteiger partial charge in [-0.3, -0.25) is 4.99 Å². The van der Waals surface area contributed by atoms with Gasteiger partial charge in [-0.15, -0.1) is 24.0 Å². The third-order valence-corrected chi connectivity index (χ3v) is 4.68. The molecule has 0 saturated heterocycles. The number of hydrogen-bond acceptors (Lipinski definition) is 4. The van der Waals surface area contributed by atoms with Crippen molar-refractivity contribution < 1.29 is 13.9 Å². The van der Waals surface area contributed by atoms with Crippen molar-refractivity contribution in [3.8, 4) is 5.75 Å². The van der Waals surface area contributed by atoms with Crippen LogP contribution in [0.1, 0.15) is 43.6 Å². The van der Waals surface area contributed by atoms with Gasteiger partial charge >= 0.3 is 0 Å². The Hall–Kier alpha value is -1.74. The summed E-state index contributed by atoms with van der Waals surface area (Å²) in [6, 6.07) is 12.3. The molecule has 1 unspecified atom stereocenters. The second-order valence-corrected chi connectivity index (χ2v) is 6.76. The monoisotopic (exact) mass is 513 g/mol. The summed E-state index contributed by atoms with van der Waals surface area (Å²) >= 11 is 0. The van der Waals surface area contributed by atoms with Gasteiger partial charge in [0.15, 0.2) is 5.96 Å². The fourth-order valence-electron chi connectivity index (χ4n) is 3.22. The smallest absolute Gasteiger partial charge is 0.191 e. The Kier molecular flexibility index (Phi) is 10.9. The number of halogens is 1. The molecule has 0 aliphatic carbocycles. The summed E-state index contributed by atoms with van der Waals surface area (Å²) in [6.45, 7) is 5.84. The number of rotatable bonds is 10. The van der Waals surface area contributed by atoms with E-state index >= 15 is 0 Å². The van der Waals surface area contributed by atoms with E-state index in [0.29, 0.717) is 6.61 Å². The van der Waals surface area contributed by atoms with Gasteiger partial charge in [0.05, 0.1) is 18.9 Å². The van der Waals surface area contributed by atoms with Gasteiger partial charge in [-0.2, -0.15) is 0 Å². The highest BCUT2D eigenvalue weighted by molar-refractivity contribution is 14.0. The second kappa shape index (κ2) is 13.5. The van der Waals surface area contributed by atoms with Crippen LogP contribution < -0.4 is 15.4 Å². The van der Waals surface area contributed by atoms with E-state index in [4.69, 9.17) is 18.9 Å². The molecule has 29 heavy (non-hydrogen) atoms. The van der Waals surface area contributed by atoms with Crippen molar-refractivity contribution in [3.63, 3.8) is 0 Å². The van der Waals surface area contributed by atoms with Crippen LogP contribution in [0.5, 0.6) is 5.75 Å². The molecule has 0 amide bonds. The number of aliphatic imine (C=N–C) groups is 1. The third-order valence-electron chi connectivity index (χ3n) is 4.68. The number of benzene rings is 1. The van der Waals surface area contributed by atoms with E-state index in [2.05, 4.69) is 22.8 Å². The number of furan rings is 1. The van der Waals surface area contributed by atoms with Crippen molar-refractivity contribution in [2.75, 3.05) is 32.9 Å². The molecular formula is C22H32IN3O3. The lowest BCUT2D eigenvalue weighted by molar-refractivity contribution is 0.144. The lowest BCUT2D eigenvalue weighted by Crippen LogP contribution is -2.42. The quantitative estimate of drug-likeness (QED) is 0.215. The lowest BCUT2D eigenvalue weighted by Gasteiger charge is -2.28. The molecule has 0 radical (unpaired) electrons. The van der Waals surface area contributed by atoms with E-state index in [1.165, 1.54) is 5.56 Å². The minimum Gasteiger partial charge on any atom is -0.493 e. The average Bonchev–Trinajstić information content (AvgIpc) is 3.24. The van der Waals surface area contributed by atoms with Gasteiger partial charge in [0.25, 0.3) is 0 Å². The molecule has 3 rings (SSSR count). The molecule has 1 aliphatic heterocycles. The molecule has 2 heterocycles. The summed E-state index contributed by atoms with van der Waals surface area (Å²) in [7, 11) is 0. The van der Waals surface area contributed by atoms with Gasteiger partial charge in [-0.1, -0.05) is 18.2 Å². The van der Waals surface area contributed by atoms with Crippen molar-refractivity contribution in [2.45, 2.75) is 38.6 Å². The van der Waals surface area contributed by atoms with Crippen molar-refractivity contribution >= 4 is 29.9 Å². The zero-order valence-electron chi connectivity index (χ0n) is 17.1. The first-order valence-corrected chi connectivity index (χ1v) is 10.2. The first kappa shape index (κ1) is 23.5. The van der Waals surface area contributed by atoms with Crippen LogP contribution in [0.4, 0.5) is 0 Å². The normalized spacial score (nSPS) is 15.8. The highest BCUT2D eigenvalue weighted by Gasteiger charge is 2.21. The Morgan fingerprint density at radius 3 is 2.93 bits per heavy atom. The van der Waals surface area contributed by atoms with E-state index in [0.717, 1.165) is 69.5 Å². The van der Waals surface area contributed by atoms with E-state index in [1.54, 1.807) is 6.26 Å². The Bertz CT molecular complexity index is 722.